The van der Waals surface area contributed by atoms with E-state index in [2.05, 4.69) is 4.99 Å². The predicted octanol–water partition coefficient (Wildman–Crippen LogP) is -0.271. The van der Waals surface area contributed by atoms with E-state index in [1.54, 1.807) is 5.43 Å². The highest BCUT2D eigenvalue weighted by atomic mass is 35.5. The molecule has 0 aliphatic rings. The first-order valence-corrected chi connectivity index (χ1v) is 6.63. The average Bonchev–Trinajstić information content (AvgIpc) is 2.41. The summed E-state index contributed by atoms with van der Waals surface area (Å²) < 4.78 is 0. The number of carboxylic acids is 1. The van der Waals surface area contributed by atoms with Crippen molar-refractivity contribution in [2.24, 2.45) is 16.5 Å². The number of alkyl halides is 2. The summed E-state index contributed by atoms with van der Waals surface area (Å²) in [4.78, 5) is 34.1. The molecule has 1 atom stereocenters. The highest BCUT2D eigenvalue weighted by Crippen LogP contribution is 1.98. The van der Waals surface area contributed by atoms with Crippen LogP contribution in [0.3, 0.4) is 0 Å². The molecule has 0 aromatic heterocycles. The van der Waals surface area contributed by atoms with Gasteiger partial charge in [-0.1, -0.05) is 0 Å². The molecular formula is C9H18Cl3N5O5. The SMILES string of the molecule is Cl.NC(N)=NCCC[C@H](N[N+](=O)[O-])C(=O)O.O=C(CCl)CCl. The van der Waals surface area contributed by atoms with E-state index in [1.165, 1.54) is 0 Å². The van der Waals surface area contributed by atoms with E-state index in [0.29, 0.717) is 6.42 Å². The van der Waals surface area contributed by atoms with Crippen molar-refractivity contribution in [3.63, 3.8) is 0 Å². The number of ketones is 1. The van der Waals surface area contributed by atoms with E-state index in [4.69, 9.17) is 39.8 Å². The van der Waals surface area contributed by atoms with Gasteiger partial charge in [-0.25, -0.2) is 14.9 Å². The molecule has 22 heavy (non-hydrogen) atoms. The van der Waals surface area contributed by atoms with Crippen LogP contribution in [-0.2, 0) is 9.59 Å². The normalized spacial score (nSPS) is 10.1. The van der Waals surface area contributed by atoms with Crippen molar-refractivity contribution in [3.05, 3.63) is 10.1 Å². The second-order valence-corrected chi connectivity index (χ2v) is 4.07. The van der Waals surface area contributed by atoms with Crippen LogP contribution in [0, 0.1) is 10.1 Å². The Balaban J connectivity index is -0.000000439. The third-order valence-corrected chi connectivity index (χ3v) is 2.40. The molecule has 0 amide bonds. The van der Waals surface area contributed by atoms with E-state index in [1.807, 2.05) is 0 Å². The maximum atomic E-state index is 10.5. The van der Waals surface area contributed by atoms with Gasteiger partial charge in [0.2, 0.25) is 0 Å². The number of carbonyl (C=O) groups is 2. The summed E-state index contributed by atoms with van der Waals surface area (Å²) in [5.74, 6) is -1.44. The molecule has 0 aromatic carbocycles. The summed E-state index contributed by atoms with van der Waals surface area (Å²) in [6.07, 6.45) is 0.419. The minimum atomic E-state index is -1.28. The predicted molar refractivity (Wildman–Crippen MR) is 85.2 cm³/mol. The molecule has 0 spiro atoms. The number of carbonyl (C=O) groups excluding carboxylic acids is 1. The number of aliphatic imine (C=N–C) groups is 1. The number of nitro groups is 1. The number of nitrogens with two attached hydrogens (primary N) is 2. The number of aliphatic carboxylic acids is 1. The number of carboxylic acid groups (broad SMARTS) is 1. The van der Waals surface area contributed by atoms with Gasteiger partial charge in [0.25, 0.3) is 0 Å². The van der Waals surface area contributed by atoms with Gasteiger partial charge < -0.3 is 16.6 Å². The van der Waals surface area contributed by atoms with Crippen LogP contribution in [0.15, 0.2) is 4.99 Å². The molecule has 0 unspecified atom stereocenters. The quantitative estimate of drug-likeness (QED) is 0.105. The Morgan fingerprint density at radius 3 is 2.09 bits per heavy atom. The smallest absolute Gasteiger partial charge is 0.332 e. The lowest BCUT2D eigenvalue weighted by atomic mass is 10.2. The fourth-order valence-corrected chi connectivity index (χ4v) is 1.20. The highest BCUT2D eigenvalue weighted by Gasteiger charge is 2.21. The van der Waals surface area contributed by atoms with Crippen LogP contribution in [-0.4, -0.2) is 52.2 Å². The molecule has 10 nitrogen and oxygen atoms in total. The first-order valence-electron chi connectivity index (χ1n) is 5.57. The lowest BCUT2D eigenvalue weighted by Gasteiger charge is -2.07. The lowest BCUT2D eigenvalue weighted by Crippen LogP contribution is -2.40. The summed E-state index contributed by atoms with van der Waals surface area (Å²) in [6.45, 7) is 0.242. The number of rotatable bonds is 9. The second-order valence-electron chi connectivity index (χ2n) is 3.53. The molecule has 0 radical (unpaired) electrons. The summed E-state index contributed by atoms with van der Waals surface area (Å²) >= 11 is 10.0. The first-order chi connectivity index (χ1) is 9.74. The maximum absolute atomic E-state index is 10.5. The largest absolute Gasteiger partial charge is 0.480 e. The summed E-state index contributed by atoms with van der Waals surface area (Å²) in [5, 5.41) is 17.7. The number of guanidine groups is 1. The minimum Gasteiger partial charge on any atom is -0.480 e. The van der Waals surface area contributed by atoms with E-state index in [9.17, 15) is 19.7 Å². The van der Waals surface area contributed by atoms with Crippen molar-refractivity contribution in [1.82, 2.24) is 5.43 Å². The fourth-order valence-electron chi connectivity index (χ4n) is 0.910. The van der Waals surface area contributed by atoms with Crippen LogP contribution in [0.4, 0.5) is 0 Å². The third-order valence-electron chi connectivity index (χ3n) is 1.80. The average molecular weight is 383 g/mol. The van der Waals surface area contributed by atoms with Crippen LogP contribution >= 0.6 is 35.6 Å². The zero-order chi connectivity index (χ0) is 16.8. The van der Waals surface area contributed by atoms with E-state index < -0.39 is 17.0 Å². The van der Waals surface area contributed by atoms with Crippen molar-refractivity contribution in [2.45, 2.75) is 18.9 Å². The van der Waals surface area contributed by atoms with E-state index in [-0.39, 0.29) is 48.9 Å². The van der Waals surface area contributed by atoms with Crippen molar-refractivity contribution < 1.29 is 19.7 Å². The Bertz CT molecular complexity index is 373. The first kappa shape index (κ1) is 25.4. The maximum Gasteiger partial charge on any atom is 0.332 e. The van der Waals surface area contributed by atoms with Crippen molar-refractivity contribution in [1.29, 1.82) is 0 Å². The van der Waals surface area contributed by atoms with Crippen LogP contribution in [0.2, 0.25) is 0 Å². The molecular weight excluding hydrogens is 364 g/mol. The van der Waals surface area contributed by atoms with Gasteiger partial charge in [-0.15, -0.1) is 41.0 Å². The Morgan fingerprint density at radius 1 is 1.32 bits per heavy atom. The van der Waals surface area contributed by atoms with Gasteiger partial charge >= 0.3 is 5.97 Å². The topological polar surface area (TPSA) is 174 Å². The number of hydrogen-bond donors (Lipinski definition) is 4. The van der Waals surface area contributed by atoms with Gasteiger partial charge in [-0.2, -0.15) is 0 Å². The van der Waals surface area contributed by atoms with Crippen LogP contribution in [0.5, 0.6) is 0 Å². The van der Waals surface area contributed by atoms with Gasteiger partial charge in [0.05, 0.1) is 11.8 Å². The van der Waals surface area contributed by atoms with Crippen LogP contribution in [0.1, 0.15) is 12.8 Å². The van der Waals surface area contributed by atoms with Gasteiger partial charge in [0.1, 0.15) is 0 Å². The zero-order valence-electron chi connectivity index (χ0n) is 11.4. The summed E-state index contributed by atoms with van der Waals surface area (Å²) in [7, 11) is 0. The monoisotopic (exact) mass is 381 g/mol. The number of halogens is 3. The molecule has 0 aliphatic carbocycles. The lowest BCUT2D eigenvalue weighted by molar-refractivity contribution is -0.549. The van der Waals surface area contributed by atoms with E-state index in [0.717, 1.165) is 0 Å². The number of nitrogens with one attached hydrogen (secondary N) is 1. The number of hydrazine groups is 1. The van der Waals surface area contributed by atoms with Gasteiger partial charge in [0, 0.05) is 6.54 Å². The highest BCUT2D eigenvalue weighted by molar-refractivity contribution is 6.35. The van der Waals surface area contributed by atoms with Gasteiger partial charge in [-0.05, 0) is 12.8 Å². The molecule has 0 bridgehead atoms. The van der Waals surface area contributed by atoms with Gasteiger partial charge in [-0.3, -0.25) is 9.79 Å². The number of Topliss-reactive ketones (excluding diaryl/α,β-unsaturated/α-hetero) is 1. The molecule has 0 fully saturated rings. The van der Waals surface area contributed by atoms with Crippen molar-refractivity contribution >= 4 is 53.3 Å². The second kappa shape index (κ2) is 15.9. The van der Waals surface area contributed by atoms with Crippen LogP contribution < -0.4 is 16.9 Å². The third kappa shape index (κ3) is 18.5. The molecule has 0 saturated carbocycles. The Kier molecular flexibility index (Phi) is 18.3. The van der Waals surface area contributed by atoms with Crippen molar-refractivity contribution in [2.75, 3.05) is 18.3 Å². The van der Waals surface area contributed by atoms with Gasteiger partial charge in [0.15, 0.2) is 22.8 Å². The Hall–Kier alpha value is -1.52. The summed E-state index contributed by atoms with van der Waals surface area (Å²) in [6, 6.07) is -1.23. The zero-order valence-corrected chi connectivity index (χ0v) is 13.7. The van der Waals surface area contributed by atoms with Crippen molar-refractivity contribution in [3.8, 4) is 0 Å². The molecule has 0 aromatic rings. The molecule has 0 rings (SSSR count). The molecule has 0 saturated heterocycles. The molecule has 130 valence electrons. The Morgan fingerprint density at radius 2 is 1.82 bits per heavy atom. The minimum absolute atomic E-state index is 0. The number of nitrogens with zero attached hydrogens (tertiary/aromatic N) is 2. The Labute approximate surface area is 142 Å². The molecule has 13 heteroatoms. The molecule has 0 heterocycles. The van der Waals surface area contributed by atoms with Crippen LogP contribution in [0.25, 0.3) is 0 Å². The molecule has 0 aliphatic heterocycles. The number of hydrogen-bond acceptors (Lipinski definition) is 5. The van der Waals surface area contributed by atoms with E-state index >= 15 is 0 Å². The standard InChI is InChI=1S/C6H13N5O4.C3H4Cl2O.ClH/c7-6(8)9-3-1-2-4(5(12)13)10-11(14)15;4-1-3(6)2-5;/h4,10H,1-3H2,(H,12,13)(H4,7,8,9);1-2H2;1H/t4-;;/m0../s1. The molecule has 6 N–H and O–H groups in total. The fraction of sp³-hybridized carbons (Fsp3) is 0.667. The summed E-state index contributed by atoms with van der Waals surface area (Å²) in [5.41, 5.74) is 11.8.